The van der Waals surface area contributed by atoms with E-state index in [2.05, 4.69) is 51.9 Å². The summed E-state index contributed by atoms with van der Waals surface area (Å²) in [5.74, 6) is -0.369. The second kappa shape index (κ2) is 15.6. The summed E-state index contributed by atoms with van der Waals surface area (Å²) >= 11 is 2.07. The SMILES string of the molecule is C=C(/C=C1\NCCCC1Nc1ccc(F)cc1)/C(=C/CC(F)(F)F)C(C)C.CN.PI. The summed E-state index contributed by atoms with van der Waals surface area (Å²) in [5.41, 5.74) is 7.34. The quantitative estimate of drug-likeness (QED) is 0.153. The van der Waals surface area contributed by atoms with Gasteiger partial charge in [-0.3, -0.25) is 0 Å². The van der Waals surface area contributed by atoms with E-state index in [-0.39, 0.29) is 17.8 Å². The zero-order valence-corrected chi connectivity index (χ0v) is 21.5. The molecule has 0 bridgehead atoms. The minimum Gasteiger partial charge on any atom is -0.387 e. The molecule has 2 unspecified atom stereocenters. The van der Waals surface area contributed by atoms with Crippen LogP contribution in [0.15, 0.2) is 59.8 Å². The molecule has 0 radical (unpaired) electrons. The predicted octanol–water partition coefficient (Wildman–Crippen LogP) is 6.75. The topological polar surface area (TPSA) is 50.1 Å². The maximum absolute atomic E-state index is 13.1. The van der Waals surface area contributed by atoms with Gasteiger partial charge in [-0.2, -0.15) is 13.2 Å². The first kappa shape index (κ1) is 29.9. The molecule has 176 valence electrons. The van der Waals surface area contributed by atoms with Crippen LogP contribution in [0.4, 0.5) is 23.2 Å². The zero-order chi connectivity index (χ0) is 24.0. The molecule has 3 nitrogen and oxygen atoms in total. The highest BCUT2D eigenvalue weighted by Crippen LogP contribution is 2.28. The standard InChI is InChI=1S/C21H26F4N2.CH5N.H2IP/c1-14(2)18(10-11-21(23,24)25)15(3)13-20-19(5-4-12-26-20)27-17-8-6-16(22)7-9-17;2*1-2/h6-10,13-14,19,26-27H,3-5,11-12H2,1-2H3;2H2,1H3;2H2/b18-10+,20-13-;;. The molecule has 1 aromatic rings. The van der Waals surface area contributed by atoms with E-state index in [9.17, 15) is 17.6 Å². The first-order valence-corrected chi connectivity index (χ1v) is 14.1. The van der Waals surface area contributed by atoms with Gasteiger partial charge in [0.2, 0.25) is 0 Å². The third-order valence-corrected chi connectivity index (χ3v) is 4.44. The van der Waals surface area contributed by atoms with Crippen LogP contribution >= 0.6 is 28.9 Å². The van der Waals surface area contributed by atoms with E-state index in [0.29, 0.717) is 11.1 Å². The van der Waals surface area contributed by atoms with E-state index in [1.165, 1.54) is 25.3 Å². The van der Waals surface area contributed by atoms with E-state index in [0.717, 1.165) is 30.8 Å². The summed E-state index contributed by atoms with van der Waals surface area (Å²) in [6.07, 6.45) is -0.328. The van der Waals surface area contributed by atoms with Gasteiger partial charge in [-0.15, -0.1) is 0 Å². The Hall–Kier alpha value is -1.12. The molecule has 31 heavy (non-hydrogen) atoms. The molecule has 2 rings (SSSR count). The van der Waals surface area contributed by atoms with Crippen LogP contribution in [0.5, 0.6) is 0 Å². The van der Waals surface area contributed by atoms with Gasteiger partial charge in [-0.1, -0.05) is 55.4 Å². The monoisotopic (exact) mass is 573 g/mol. The average Bonchev–Trinajstić information content (AvgIpc) is 2.73. The third kappa shape index (κ3) is 11.9. The second-order valence-electron chi connectivity index (χ2n) is 7.03. The summed E-state index contributed by atoms with van der Waals surface area (Å²) in [6, 6.07) is 6.07. The van der Waals surface area contributed by atoms with Crippen molar-refractivity contribution < 1.29 is 17.6 Å². The molecule has 0 amide bonds. The van der Waals surface area contributed by atoms with Gasteiger partial charge < -0.3 is 16.4 Å². The molecule has 1 aliphatic rings. The lowest BCUT2D eigenvalue weighted by molar-refractivity contribution is -0.125. The van der Waals surface area contributed by atoms with E-state index in [1.54, 1.807) is 12.1 Å². The Morgan fingerprint density at radius 1 is 1.29 bits per heavy atom. The fourth-order valence-electron chi connectivity index (χ4n) is 3.10. The molecule has 1 aliphatic heterocycles. The van der Waals surface area contributed by atoms with Crippen molar-refractivity contribution in [2.75, 3.05) is 18.9 Å². The highest BCUT2D eigenvalue weighted by molar-refractivity contribution is 14.2. The van der Waals surface area contributed by atoms with Gasteiger partial charge in [0.15, 0.2) is 0 Å². The molecule has 0 aromatic heterocycles. The minimum absolute atomic E-state index is 0.0306. The lowest BCUT2D eigenvalue weighted by Gasteiger charge is -2.29. The summed E-state index contributed by atoms with van der Waals surface area (Å²) in [6.45, 7) is 10.9. The molecule has 4 N–H and O–H groups in total. The number of anilines is 1. The smallest absolute Gasteiger partial charge is 0.387 e. The van der Waals surface area contributed by atoms with Crippen LogP contribution in [0.25, 0.3) is 0 Å². The van der Waals surface area contributed by atoms with E-state index < -0.39 is 12.6 Å². The lowest BCUT2D eigenvalue weighted by atomic mass is 9.92. The van der Waals surface area contributed by atoms with Gasteiger partial charge in [-0.25, -0.2) is 4.39 Å². The number of rotatable bonds is 6. The van der Waals surface area contributed by atoms with Crippen LogP contribution in [-0.4, -0.2) is 25.8 Å². The number of allylic oxidation sites excluding steroid dienone is 4. The Morgan fingerprint density at radius 2 is 1.87 bits per heavy atom. The first-order valence-electron chi connectivity index (χ1n) is 9.89. The van der Waals surface area contributed by atoms with Crippen molar-refractivity contribution in [2.45, 2.75) is 45.3 Å². The van der Waals surface area contributed by atoms with Gasteiger partial charge >= 0.3 is 6.18 Å². The summed E-state index contributed by atoms with van der Waals surface area (Å²) in [5, 5.41) is 6.66. The van der Waals surface area contributed by atoms with Crippen molar-refractivity contribution in [2.24, 2.45) is 11.7 Å². The van der Waals surface area contributed by atoms with Crippen LogP contribution < -0.4 is 16.4 Å². The highest BCUT2D eigenvalue weighted by Gasteiger charge is 2.26. The normalized spacial score (nSPS) is 17.7. The Morgan fingerprint density at radius 3 is 2.39 bits per heavy atom. The van der Waals surface area contributed by atoms with Crippen molar-refractivity contribution in [3.05, 3.63) is 65.7 Å². The van der Waals surface area contributed by atoms with Gasteiger partial charge in [0.05, 0.1) is 12.5 Å². The van der Waals surface area contributed by atoms with Gasteiger partial charge in [0.1, 0.15) is 5.82 Å². The largest absolute Gasteiger partial charge is 0.392 e. The number of alkyl halides is 3. The van der Waals surface area contributed by atoms with Crippen LogP contribution in [0.2, 0.25) is 0 Å². The molecular weight excluding hydrogens is 540 g/mol. The number of nitrogens with two attached hydrogens (primary N) is 1. The fraction of sp³-hybridized carbons (Fsp3) is 0.455. The number of nitrogens with one attached hydrogen (secondary N) is 2. The van der Waals surface area contributed by atoms with E-state index in [1.807, 2.05) is 19.9 Å². The third-order valence-electron chi connectivity index (χ3n) is 4.44. The Bertz CT molecular complexity index is 716. The molecule has 1 aromatic carbocycles. The highest BCUT2D eigenvalue weighted by atomic mass is 127. The first-order chi connectivity index (χ1) is 14.7. The Kier molecular flexibility index (Phi) is 15.1. The summed E-state index contributed by atoms with van der Waals surface area (Å²) in [4.78, 5) is 0. The summed E-state index contributed by atoms with van der Waals surface area (Å²) in [7, 11) is 1.50. The summed E-state index contributed by atoms with van der Waals surface area (Å²) < 4.78 is 50.9. The van der Waals surface area contributed by atoms with Crippen molar-refractivity contribution in [3.63, 3.8) is 0 Å². The molecule has 0 saturated carbocycles. The number of hydrogen-bond donors (Lipinski definition) is 3. The van der Waals surface area contributed by atoms with Crippen LogP contribution in [0.3, 0.4) is 0 Å². The molecule has 1 fully saturated rings. The molecule has 1 saturated heterocycles. The Labute approximate surface area is 198 Å². The zero-order valence-electron chi connectivity index (χ0n) is 18.2. The van der Waals surface area contributed by atoms with Crippen molar-refractivity contribution >= 4 is 34.6 Å². The molecular formula is C22H33F4IN3P. The predicted molar refractivity (Wildman–Crippen MR) is 136 cm³/mol. The fourth-order valence-corrected chi connectivity index (χ4v) is 3.10. The molecule has 0 aliphatic carbocycles. The van der Waals surface area contributed by atoms with Gasteiger partial charge in [0, 0.05) is 17.9 Å². The van der Waals surface area contributed by atoms with Gasteiger partial charge in [-0.05, 0) is 67.3 Å². The van der Waals surface area contributed by atoms with Crippen molar-refractivity contribution in [1.82, 2.24) is 5.32 Å². The van der Waals surface area contributed by atoms with Crippen LogP contribution in [-0.2, 0) is 0 Å². The minimum atomic E-state index is -4.23. The van der Waals surface area contributed by atoms with Crippen molar-refractivity contribution in [3.8, 4) is 0 Å². The number of benzene rings is 1. The number of halogens is 5. The number of hydrogen-bond acceptors (Lipinski definition) is 3. The molecule has 0 spiro atoms. The Balaban J connectivity index is 0.00000212. The lowest BCUT2D eigenvalue weighted by Crippen LogP contribution is -2.36. The van der Waals surface area contributed by atoms with Crippen LogP contribution in [0.1, 0.15) is 33.1 Å². The van der Waals surface area contributed by atoms with E-state index >= 15 is 0 Å². The maximum atomic E-state index is 13.1. The molecule has 2 atom stereocenters. The average molecular weight is 573 g/mol. The van der Waals surface area contributed by atoms with Crippen LogP contribution in [0, 0.1) is 11.7 Å². The second-order valence-corrected chi connectivity index (χ2v) is 7.03. The molecule has 1 heterocycles. The maximum Gasteiger partial charge on any atom is 0.392 e. The van der Waals surface area contributed by atoms with E-state index in [4.69, 9.17) is 0 Å². The van der Waals surface area contributed by atoms with Crippen molar-refractivity contribution in [1.29, 1.82) is 0 Å². The number of piperidine rings is 1. The van der Waals surface area contributed by atoms with Gasteiger partial charge in [0.25, 0.3) is 0 Å². The molecule has 9 heteroatoms.